The van der Waals surface area contributed by atoms with Gasteiger partial charge in [-0.25, -0.2) is 0 Å². The lowest BCUT2D eigenvalue weighted by Gasteiger charge is -1.95. The molecular weight excluding hydrogens is 132 g/mol. The lowest BCUT2D eigenvalue weighted by atomic mass is 10.1. The summed E-state index contributed by atoms with van der Waals surface area (Å²) in [6, 6.07) is 0. The summed E-state index contributed by atoms with van der Waals surface area (Å²) in [4.78, 5) is 0. The van der Waals surface area contributed by atoms with Gasteiger partial charge in [-0.2, -0.15) is 0 Å². The Morgan fingerprint density at radius 1 is 0.818 bits per heavy atom. The maximum absolute atomic E-state index is 3.27. The molecule has 0 unspecified atom stereocenters. The average Bonchev–Trinajstić information content (AvgIpc) is 2.08. The molecule has 0 aromatic carbocycles. The van der Waals surface area contributed by atoms with Crippen molar-refractivity contribution in [1.29, 1.82) is 0 Å². The van der Waals surface area contributed by atoms with Crippen LogP contribution in [0.5, 0.6) is 0 Å². The Kier molecular flexibility index (Phi) is 4.84. The summed E-state index contributed by atoms with van der Waals surface area (Å²) >= 11 is 0. The molecular formula is C11H17. The maximum Gasteiger partial charge on any atom is -0.00979 e. The highest BCUT2D eigenvalue weighted by atomic mass is 13.9. The lowest BCUT2D eigenvalue weighted by Crippen LogP contribution is -1.75. The second kappa shape index (κ2) is 6.21. The van der Waals surface area contributed by atoms with Crippen molar-refractivity contribution >= 4 is 0 Å². The summed E-state index contributed by atoms with van der Waals surface area (Å²) < 4.78 is 0. The first-order valence-corrected chi connectivity index (χ1v) is 4.70. The molecule has 0 amide bonds. The fraction of sp³-hybridized carbons (Fsp3) is 0.636. The normalized spacial score (nSPS) is 21.1. The first kappa shape index (κ1) is 8.58. The summed E-state index contributed by atoms with van der Waals surface area (Å²) in [6.45, 7) is 0. The fourth-order valence-corrected chi connectivity index (χ4v) is 1.32. The molecule has 1 rings (SSSR count). The summed E-state index contributed by atoms with van der Waals surface area (Å²) in [7, 11) is 0. The number of hydrogen-bond acceptors (Lipinski definition) is 0. The molecule has 0 heteroatoms. The first-order valence-electron chi connectivity index (χ1n) is 4.70. The molecule has 0 saturated heterocycles. The van der Waals surface area contributed by atoms with Crippen LogP contribution >= 0.6 is 0 Å². The Labute approximate surface area is 70.0 Å². The van der Waals surface area contributed by atoms with Gasteiger partial charge in [0.15, 0.2) is 0 Å². The van der Waals surface area contributed by atoms with Gasteiger partial charge in [-0.05, 0) is 38.2 Å². The van der Waals surface area contributed by atoms with E-state index in [0.717, 1.165) is 6.42 Å². The minimum absolute atomic E-state index is 1.01. The molecule has 0 fully saturated rings. The van der Waals surface area contributed by atoms with E-state index in [1.807, 2.05) is 0 Å². The van der Waals surface area contributed by atoms with E-state index < -0.39 is 0 Å². The Morgan fingerprint density at radius 3 is 2.55 bits per heavy atom. The van der Waals surface area contributed by atoms with Gasteiger partial charge in [-0.15, -0.1) is 0 Å². The zero-order valence-electron chi connectivity index (χ0n) is 7.18. The molecule has 1 aliphatic carbocycles. The van der Waals surface area contributed by atoms with Gasteiger partial charge >= 0.3 is 0 Å². The van der Waals surface area contributed by atoms with Crippen LogP contribution in [0.1, 0.15) is 44.9 Å². The predicted octanol–water partition coefficient (Wildman–Crippen LogP) is 3.65. The van der Waals surface area contributed by atoms with Gasteiger partial charge in [0.05, 0.1) is 0 Å². The van der Waals surface area contributed by atoms with Gasteiger partial charge in [0.1, 0.15) is 0 Å². The van der Waals surface area contributed by atoms with Crippen LogP contribution in [0.15, 0.2) is 18.2 Å². The highest BCUT2D eigenvalue weighted by Gasteiger charge is 1.88. The van der Waals surface area contributed by atoms with Gasteiger partial charge in [-0.3, -0.25) is 0 Å². The molecule has 0 nitrogen and oxygen atoms in total. The lowest BCUT2D eigenvalue weighted by molar-refractivity contribution is 0.653. The molecule has 1 radical (unpaired) electrons. The SMILES string of the molecule is [C]1=CCCCCCCC=CC1. The van der Waals surface area contributed by atoms with Gasteiger partial charge in [-0.1, -0.05) is 31.1 Å². The van der Waals surface area contributed by atoms with Crippen LogP contribution in [-0.2, 0) is 0 Å². The van der Waals surface area contributed by atoms with Crippen molar-refractivity contribution in [3.8, 4) is 0 Å². The Bertz CT molecular complexity index is 115. The van der Waals surface area contributed by atoms with E-state index in [9.17, 15) is 0 Å². The number of hydrogen-bond donors (Lipinski definition) is 0. The summed E-state index contributed by atoms with van der Waals surface area (Å²) in [6.07, 6.45) is 19.0. The van der Waals surface area contributed by atoms with Crippen molar-refractivity contribution in [2.75, 3.05) is 0 Å². The van der Waals surface area contributed by atoms with Crippen LogP contribution in [0, 0.1) is 6.08 Å². The molecule has 11 heavy (non-hydrogen) atoms. The van der Waals surface area contributed by atoms with E-state index in [-0.39, 0.29) is 0 Å². The standard InChI is InChI=1S/C11H17/c1-2-4-6-8-10-11-9-7-5-3-1/h1-2,8H,3-5,7,9-11H2. The smallest absolute Gasteiger partial charge is 0.00979 e. The molecule has 0 heterocycles. The van der Waals surface area contributed by atoms with Crippen LogP contribution in [0.4, 0.5) is 0 Å². The Morgan fingerprint density at radius 2 is 1.64 bits per heavy atom. The largest absolute Gasteiger partial charge is 0.0882 e. The minimum atomic E-state index is 1.01. The zero-order chi connectivity index (χ0) is 7.78. The number of allylic oxidation sites excluding steroid dienone is 4. The zero-order valence-corrected chi connectivity index (χ0v) is 7.18. The molecule has 61 valence electrons. The van der Waals surface area contributed by atoms with E-state index in [1.165, 1.54) is 38.5 Å². The van der Waals surface area contributed by atoms with Crippen LogP contribution in [0.3, 0.4) is 0 Å². The molecule has 0 aromatic heterocycles. The topological polar surface area (TPSA) is 0 Å². The van der Waals surface area contributed by atoms with Crippen molar-refractivity contribution in [2.45, 2.75) is 44.9 Å². The third kappa shape index (κ3) is 4.83. The molecule has 1 aliphatic rings. The van der Waals surface area contributed by atoms with Crippen LogP contribution < -0.4 is 0 Å². The molecule has 0 saturated carbocycles. The van der Waals surface area contributed by atoms with E-state index in [1.54, 1.807) is 0 Å². The van der Waals surface area contributed by atoms with Crippen molar-refractivity contribution in [3.05, 3.63) is 24.3 Å². The van der Waals surface area contributed by atoms with Crippen LogP contribution in [0.2, 0.25) is 0 Å². The van der Waals surface area contributed by atoms with Crippen molar-refractivity contribution in [1.82, 2.24) is 0 Å². The molecule has 0 N–H and O–H groups in total. The summed E-state index contributed by atoms with van der Waals surface area (Å²) in [5, 5.41) is 0. The Balaban J connectivity index is 2.22. The highest BCUT2D eigenvalue weighted by Crippen LogP contribution is 2.07. The quantitative estimate of drug-likeness (QED) is 0.461. The molecule has 0 bridgehead atoms. The first-order chi connectivity index (χ1) is 5.50. The van der Waals surface area contributed by atoms with Crippen molar-refractivity contribution in [3.63, 3.8) is 0 Å². The molecule has 0 spiro atoms. The van der Waals surface area contributed by atoms with Crippen molar-refractivity contribution < 1.29 is 0 Å². The third-order valence-electron chi connectivity index (χ3n) is 2.02. The average molecular weight is 149 g/mol. The third-order valence-corrected chi connectivity index (χ3v) is 2.02. The van der Waals surface area contributed by atoms with Gasteiger partial charge in [0.25, 0.3) is 0 Å². The van der Waals surface area contributed by atoms with E-state index in [0.29, 0.717) is 0 Å². The van der Waals surface area contributed by atoms with Gasteiger partial charge in [0, 0.05) is 0 Å². The van der Waals surface area contributed by atoms with E-state index >= 15 is 0 Å². The summed E-state index contributed by atoms with van der Waals surface area (Å²) in [5.41, 5.74) is 0. The van der Waals surface area contributed by atoms with Crippen LogP contribution in [-0.4, -0.2) is 0 Å². The second-order valence-corrected chi connectivity index (χ2v) is 3.08. The molecule has 0 aliphatic heterocycles. The fourth-order valence-electron chi connectivity index (χ4n) is 1.32. The summed E-state index contributed by atoms with van der Waals surface area (Å²) in [5.74, 6) is 0. The minimum Gasteiger partial charge on any atom is -0.0882 e. The maximum atomic E-state index is 3.27. The van der Waals surface area contributed by atoms with Gasteiger partial charge in [0.2, 0.25) is 0 Å². The van der Waals surface area contributed by atoms with Crippen molar-refractivity contribution in [2.24, 2.45) is 0 Å². The van der Waals surface area contributed by atoms with E-state index in [4.69, 9.17) is 0 Å². The van der Waals surface area contributed by atoms with E-state index in [2.05, 4.69) is 24.3 Å². The highest BCUT2D eigenvalue weighted by molar-refractivity contribution is 4.88. The molecule has 0 aromatic rings. The van der Waals surface area contributed by atoms with Gasteiger partial charge < -0.3 is 0 Å². The Hall–Kier alpha value is -0.520. The molecule has 0 atom stereocenters. The number of rotatable bonds is 0. The second-order valence-electron chi connectivity index (χ2n) is 3.08. The van der Waals surface area contributed by atoms with Crippen LogP contribution in [0.25, 0.3) is 0 Å². The predicted molar refractivity (Wildman–Crippen MR) is 49.3 cm³/mol. The monoisotopic (exact) mass is 149 g/mol.